The molecule has 0 aliphatic heterocycles. The second kappa shape index (κ2) is 22.5. The average Bonchev–Trinajstić information content (AvgIpc) is 1.71. The van der Waals surface area contributed by atoms with Crippen LogP contribution in [0, 0.1) is 0 Å². The van der Waals surface area contributed by atoms with Gasteiger partial charge in [0.1, 0.15) is 33.5 Å². The number of hydrogen-bond donors (Lipinski definition) is 0. The molecule has 19 aromatic carbocycles. The molecule has 3 heteroatoms. The SMILES string of the molecule is c1ccc(-c2ccc(-c3ccc(-c4c5ccccc5c(-c5ccc(-c6ccc(-c7ccc(-c8c9ccccc9c(-c9cccc%10ccccc9%10)c9ccccc89)c8c7oc7ccccc78)c7c6oc6ccccc67)c6ccccc56)c5ccccc45)c4c3oc3ccccc34)c3ccccc23)cc1. The highest BCUT2D eigenvalue weighted by Gasteiger charge is 2.29. The van der Waals surface area contributed by atoms with Crippen molar-refractivity contribution in [2.45, 2.75) is 0 Å². The van der Waals surface area contributed by atoms with Gasteiger partial charge in [0.15, 0.2) is 0 Å². The van der Waals surface area contributed by atoms with E-state index in [4.69, 9.17) is 13.3 Å². The number of furan rings is 3. The molecule has 0 aliphatic carbocycles. The van der Waals surface area contributed by atoms with Gasteiger partial charge in [0.25, 0.3) is 0 Å². The van der Waals surface area contributed by atoms with E-state index in [1.807, 2.05) is 0 Å². The summed E-state index contributed by atoms with van der Waals surface area (Å²) < 4.78 is 21.7. The van der Waals surface area contributed by atoms with Crippen molar-refractivity contribution < 1.29 is 13.3 Å². The molecule has 0 aliphatic rings. The van der Waals surface area contributed by atoms with Gasteiger partial charge in [0, 0.05) is 49.0 Å². The predicted molar refractivity (Wildman–Crippen MR) is 434 cm³/mol. The van der Waals surface area contributed by atoms with Crippen molar-refractivity contribution in [3.63, 3.8) is 0 Å². The minimum atomic E-state index is 0.827. The third-order valence-electron chi connectivity index (χ3n) is 22.1. The molecule has 0 unspecified atom stereocenters. The van der Waals surface area contributed by atoms with Gasteiger partial charge in [-0.15, -0.1) is 0 Å². The summed E-state index contributed by atoms with van der Waals surface area (Å²) in [5, 5.41) is 23.0. The van der Waals surface area contributed by atoms with Crippen LogP contribution in [0.5, 0.6) is 0 Å². The molecule has 22 aromatic rings. The van der Waals surface area contributed by atoms with E-state index in [-0.39, 0.29) is 0 Å². The van der Waals surface area contributed by atoms with Crippen molar-refractivity contribution >= 4 is 141 Å². The highest BCUT2D eigenvalue weighted by atomic mass is 16.3. The Morgan fingerprint density at radius 2 is 0.388 bits per heavy atom. The molecule has 0 amide bonds. The predicted octanol–water partition coefficient (Wildman–Crippen LogP) is 28.8. The van der Waals surface area contributed by atoms with Gasteiger partial charge in [-0.2, -0.15) is 0 Å². The van der Waals surface area contributed by atoms with Gasteiger partial charge in [-0.05, 0) is 184 Å². The minimum absolute atomic E-state index is 0.827. The van der Waals surface area contributed by atoms with Crippen molar-refractivity contribution in [3.05, 3.63) is 352 Å². The minimum Gasteiger partial charge on any atom is -0.455 e. The third kappa shape index (κ3) is 8.45. The fraction of sp³-hybridized carbons (Fsp3) is 0. The van der Waals surface area contributed by atoms with E-state index >= 15 is 0 Å². The zero-order valence-electron chi connectivity index (χ0n) is 55.7. The van der Waals surface area contributed by atoms with Gasteiger partial charge in [-0.1, -0.05) is 315 Å². The molecular formula is C100H58O3. The summed E-state index contributed by atoms with van der Waals surface area (Å²) >= 11 is 0. The molecule has 3 aromatic heterocycles. The number of para-hydroxylation sites is 3. The lowest BCUT2D eigenvalue weighted by Crippen LogP contribution is -1.94. The molecule has 0 saturated heterocycles. The fourth-order valence-electron chi connectivity index (χ4n) is 17.8. The van der Waals surface area contributed by atoms with E-state index in [0.717, 1.165) is 127 Å². The number of hydrogen-bond acceptors (Lipinski definition) is 3. The van der Waals surface area contributed by atoms with E-state index in [1.54, 1.807) is 0 Å². The van der Waals surface area contributed by atoms with Crippen molar-refractivity contribution in [2.75, 3.05) is 0 Å². The Morgan fingerprint density at radius 3 is 0.816 bits per heavy atom. The van der Waals surface area contributed by atoms with Crippen LogP contribution in [0.1, 0.15) is 0 Å². The van der Waals surface area contributed by atoms with Crippen molar-refractivity contribution in [1.82, 2.24) is 0 Å². The first-order chi connectivity index (χ1) is 51.2. The average molecular weight is 1310 g/mol. The van der Waals surface area contributed by atoms with Gasteiger partial charge in [-0.25, -0.2) is 0 Å². The summed E-state index contributed by atoms with van der Waals surface area (Å²) in [6, 6.07) is 129. The zero-order chi connectivity index (χ0) is 67.4. The van der Waals surface area contributed by atoms with Crippen LogP contribution in [0.4, 0.5) is 0 Å². The lowest BCUT2D eigenvalue weighted by Gasteiger charge is -2.20. The Labute approximate surface area is 591 Å². The van der Waals surface area contributed by atoms with E-state index in [0.29, 0.717) is 0 Å². The first-order valence-electron chi connectivity index (χ1n) is 35.5. The maximum Gasteiger partial charge on any atom is 0.143 e. The van der Waals surface area contributed by atoms with E-state index in [2.05, 4.69) is 352 Å². The Kier molecular flexibility index (Phi) is 12.5. The van der Waals surface area contributed by atoms with Crippen molar-refractivity contribution in [3.8, 4) is 89.0 Å². The van der Waals surface area contributed by atoms with Crippen LogP contribution < -0.4 is 0 Å². The lowest BCUT2D eigenvalue weighted by atomic mass is 9.82. The van der Waals surface area contributed by atoms with Crippen molar-refractivity contribution in [2.24, 2.45) is 0 Å². The first kappa shape index (κ1) is 57.3. The van der Waals surface area contributed by atoms with Gasteiger partial charge < -0.3 is 13.3 Å². The van der Waals surface area contributed by atoms with Crippen LogP contribution in [0.3, 0.4) is 0 Å². The highest BCUT2D eigenvalue weighted by Crippen LogP contribution is 2.55. The van der Waals surface area contributed by atoms with Crippen LogP contribution in [-0.4, -0.2) is 0 Å². The molecule has 0 bridgehead atoms. The molecule has 3 heterocycles. The molecule has 3 nitrogen and oxygen atoms in total. The molecular weight excluding hydrogens is 1250 g/mol. The normalized spacial score (nSPS) is 12.1. The maximum absolute atomic E-state index is 7.27. The number of rotatable bonds is 8. The van der Waals surface area contributed by atoms with E-state index in [9.17, 15) is 0 Å². The summed E-state index contributed by atoms with van der Waals surface area (Å²) in [5.74, 6) is 0. The smallest absolute Gasteiger partial charge is 0.143 e. The second-order valence-corrected chi connectivity index (χ2v) is 27.4. The molecule has 103 heavy (non-hydrogen) atoms. The van der Waals surface area contributed by atoms with Crippen molar-refractivity contribution in [1.29, 1.82) is 0 Å². The van der Waals surface area contributed by atoms with Crippen LogP contribution in [0.25, 0.3) is 230 Å². The molecule has 0 saturated carbocycles. The Hall–Kier alpha value is -13.6. The van der Waals surface area contributed by atoms with Gasteiger partial charge in [0.05, 0.1) is 0 Å². The maximum atomic E-state index is 7.27. The van der Waals surface area contributed by atoms with E-state index in [1.165, 1.54) is 104 Å². The summed E-state index contributed by atoms with van der Waals surface area (Å²) in [7, 11) is 0. The topological polar surface area (TPSA) is 39.4 Å². The van der Waals surface area contributed by atoms with Crippen LogP contribution in [-0.2, 0) is 0 Å². The molecule has 0 N–H and O–H groups in total. The standard InChI is InChI=1S/C100H58O3/c1-2-25-59(26-3-1)62-49-50-67(64-31-7-6-30-63(62)64)81-55-57-86(96-84-43-19-22-47-89(84)102-99(81)96)94-76-40-16-12-36-72(76)92(73-37-13-17-41-77(73)94)78-52-51-68(65-32-8-9-33-66(65)78)80-54-53-79(95-83-42-18-21-46-88(83)101-98(80)95)82-56-58-87(97-85-44-20-23-48-90(85)103-100(82)97)93-74-38-14-10-34-70(74)91(71-35-11-15-39-75(71)93)69-45-24-28-60-27-4-5-29-61(60)69/h1-58H. The van der Waals surface area contributed by atoms with Crippen LogP contribution >= 0.6 is 0 Å². The Balaban J connectivity index is 0.724. The molecule has 0 spiro atoms. The lowest BCUT2D eigenvalue weighted by molar-refractivity contribution is 0.669. The highest BCUT2D eigenvalue weighted by molar-refractivity contribution is 6.32. The van der Waals surface area contributed by atoms with Gasteiger partial charge in [0.2, 0.25) is 0 Å². The largest absolute Gasteiger partial charge is 0.455 e. The summed E-state index contributed by atoms with van der Waals surface area (Å²) in [6.45, 7) is 0. The summed E-state index contributed by atoms with van der Waals surface area (Å²) in [5.41, 5.74) is 23.3. The Morgan fingerprint density at radius 1 is 0.136 bits per heavy atom. The number of benzene rings is 19. The quantitative estimate of drug-likeness (QED) is 0.142. The molecule has 0 radical (unpaired) electrons. The monoisotopic (exact) mass is 1310 g/mol. The van der Waals surface area contributed by atoms with Crippen LogP contribution in [0.2, 0.25) is 0 Å². The summed E-state index contributed by atoms with van der Waals surface area (Å²) in [6.07, 6.45) is 0. The van der Waals surface area contributed by atoms with Gasteiger partial charge >= 0.3 is 0 Å². The molecule has 0 atom stereocenters. The molecule has 22 rings (SSSR count). The van der Waals surface area contributed by atoms with Gasteiger partial charge in [-0.3, -0.25) is 0 Å². The molecule has 476 valence electrons. The fourth-order valence-corrected chi connectivity index (χ4v) is 17.8. The van der Waals surface area contributed by atoms with E-state index < -0.39 is 0 Å². The first-order valence-corrected chi connectivity index (χ1v) is 35.5. The second-order valence-electron chi connectivity index (χ2n) is 27.4. The van der Waals surface area contributed by atoms with Crippen LogP contribution in [0.15, 0.2) is 365 Å². The Bertz CT molecular complexity index is 7240. The molecule has 0 fully saturated rings. The number of fused-ring (bicyclic) bond motifs is 16. The zero-order valence-corrected chi connectivity index (χ0v) is 55.7. The summed E-state index contributed by atoms with van der Waals surface area (Å²) in [4.78, 5) is 0. The third-order valence-corrected chi connectivity index (χ3v) is 22.1.